The van der Waals surface area contributed by atoms with E-state index < -0.39 is 0 Å². The maximum atomic E-state index is 11.1. The smallest absolute Gasteiger partial charge is 0.146 e. The minimum absolute atomic E-state index is 0.120. The van der Waals surface area contributed by atoms with Gasteiger partial charge in [0.25, 0.3) is 0 Å². The summed E-state index contributed by atoms with van der Waals surface area (Å²) in [5.74, 6) is 0.966. The zero-order chi connectivity index (χ0) is 11.8. The number of rotatable bonds is 7. The molecule has 1 unspecified atom stereocenters. The fourth-order valence-corrected chi connectivity index (χ4v) is 1.37. The summed E-state index contributed by atoms with van der Waals surface area (Å²) in [6.45, 7) is 6.49. The Morgan fingerprint density at radius 3 is 2.69 bits per heavy atom. The minimum Gasteiger partial charge on any atom is -0.492 e. The maximum absolute atomic E-state index is 11.1. The number of ketones is 1. The average molecular weight is 220 g/mol. The van der Waals surface area contributed by atoms with Crippen molar-refractivity contribution in [2.45, 2.75) is 19.4 Å². The molecule has 1 aromatic rings. The third-order valence-electron chi connectivity index (χ3n) is 2.28. The molecule has 0 aliphatic carbocycles. The molecule has 0 saturated heterocycles. The first kappa shape index (κ1) is 12.7. The number of hydrogen-bond donors (Lipinski definition) is 1. The number of hydrogen-bond acceptors (Lipinski definition) is 3. The molecule has 0 spiro atoms. The molecule has 3 heteroatoms. The normalized spacial score (nSPS) is 12.1. The Bertz CT molecular complexity index is 311. The van der Waals surface area contributed by atoms with Gasteiger partial charge in [0, 0.05) is 6.54 Å². The second-order valence-corrected chi connectivity index (χ2v) is 3.57. The largest absolute Gasteiger partial charge is 0.492 e. The van der Waals surface area contributed by atoms with Gasteiger partial charge in [-0.3, -0.25) is 4.79 Å². The van der Waals surface area contributed by atoms with Crippen molar-refractivity contribution >= 4 is 5.78 Å². The first-order chi connectivity index (χ1) is 7.74. The molecule has 1 N–H and O–H groups in total. The van der Waals surface area contributed by atoms with E-state index in [-0.39, 0.29) is 11.8 Å². The third kappa shape index (κ3) is 4.45. The van der Waals surface area contributed by atoms with Crippen LogP contribution in [0.15, 0.2) is 30.3 Å². The lowest BCUT2D eigenvalue weighted by Crippen LogP contribution is -2.37. The minimum atomic E-state index is -0.153. The van der Waals surface area contributed by atoms with E-state index in [2.05, 4.69) is 12.2 Å². The maximum Gasteiger partial charge on any atom is 0.146 e. The molecule has 1 radical (unpaired) electrons. The third-order valence-corrected chi connectivity index (χ3v) is 2.28. The van der Waals surface area contributed by atoms with E-state index in [9.17, 15) is 4.79 Å². The van der Waals surface area contributed by atoms with Gasteiger partial charge < -0.3 is 10.1 Å². The van der Waals surface area contributed by atoms with Crippen molar-refractivity contribution in [3.63, 3.8) is 0 Å². The lowest BCUT2D eigenvalue weighted by Gasteiger charge is -2.13. The quantitative estimate of drug-likeness (QED) is 0.712. The van der Waals surface area contributed by atoms with Crippen LogP contribution in [0.25, 0.3) is 0 Å². The summed E-state index contributed by atoms with van der Waals surface area (Å²) in [5.41, 5.74) is 0. The Morgan fingerprint density at radius 1 is 1.44 bits per heavy atom. The number of nitrogens with one attached hydrogen (secondary N) is 1. The zero-order valence-corrected chi connectivity index (χ0v) is 9.61. The topological polar surface area (TPSA) is 38.3 Å². The fourth-order valence-electron chi connectivity index (χ4n) is 1.37. The van der Waals surface area contributed by atoms with Gasteiger partial charge in [-0.25, -0.2) is 0 Å². The Hall–Kier alpha value is -1.35. The van der Waals surface area contributed by atoms with Crippen LogP contribution in [0.1, 0.15) is 13.3 Å². The van der Waals surface area contributed by atoms with Crippen molar-refractivity contribution in [1.82, 2.24) is 5.32 Å². The lowest BCUT2D eigenvalue weighted by molar-refractivity contribution is -0.118. The van der Waals surface area contributed by atoms with Gasteiger partial charge in [-0.2, -0.15) is 0 Å². The van der Waals surface area contributed by atoms with Crippen LogP contribution in [-0.2, 0) is 4.79 Å². The Kier molecular flexibility index (Phi) is 5.57. The van der Waals surface area contributed by atoms with E-state index >= 15 is 0 Å². The molecule has 1 aromatic carbocycles. The molecular weight excluding hydrogens is 202 g/mol. The van der Waals surface area contributed by atoms with Crippen LogP contribution in [-0.4, -0.2) is 25.0 Å². The number of benzene rings is 1. The summed E-state index contributed by atoms with van der Waals surface area (Å²) < 4.78 is 5.49. The van der Waals surface area contributed by atoms with E-state index in [0.717, 1.165) is 5.75 Å². The van der Waals surface area contributed by atoms with Crippen molar-refractivity contribution in [3.8, 4) is 5.75 Å². The molecule has 0 bridgehead atoms. The van der Waals surface area contributed by atoms with Crippen molar-refractivity contribution in [3.05, 3.63) is 37.3 Å². The van der Waals surface area contributed by atoms with E-state index in [0.29, 0.717) is 19.6 Å². The van der Waals surface area contributed by atoms with Crippen molar-refractivity contribution < 1.29 is 9.53 Å². The summed E-state index contributed by atoms with van der Waals surface area (Å²) in [5, 5.41) is 3.10. The fraction of sp³-hybridized carbons (Fsp3) is 0.385. The van der Waals surface area contributed by atoms with Crippen molar-refractivity contribution in [2.75, 3.05) is 13.2 Å². The highest BCUT2D eigenvalue weighted by Crippen LogP contribution is 2.07. The Labute approximate surface area is 96.8 Å². The summed E-state index contributed by atoms with van der Waals surface area (Å²) >= 11 is 0. The summed E-state index contributed by atoms with van der Waals surface area (Å²) in [7, 11) is 0. The lowest BCUT2D eigenvalue weighted by atomic mass is 10.1. The van der Waals surface area contributed by atoms with Crippen molar-refractivity contribution in [2.24, 2.45) is 0 Å². The van der Waals surface area contributed by atoms with Gasteiger partial charge >= 0.3 is 0 Å². The molecule has 0 aromatic heterocycles. The molecule has 1 atom stereocenters. The van der Waals surface area contributed by atoms with Crippen LogP contribution in [0.4, 0.5) is 0 Å². The number of carbonyl (C=O) groups is 1. The molecule has 0 aliphatic rings. The van der Waals surface area contributed by atoms with Crippen LogP contribution in [0, 0.1) is 6.92 Å². The molecule has 0 heterocycles. The highest BCUT2D eigenvalue weighted by Gasteiger charge is 2.09. The molecule has 0 amide bonds. The monoisotopic (exact) mass is 220 g/mol. The van der Waals surface area contributed by atoms with E-state index in [4.69, 9.17) is 4.74 Å². The molecule has 3 nitrogen and oxygen atoms in total. The summed E-state index contributed by atoms with van der Waals surface area (Å²) in [6, 6.07) is 9.46. The van der Waals surface area contributed by atoms with E-state index in [1.54, 1.807) is 6.92 Å². The van der Waals surface area contributed by atoms with E-state index in [1.807, 2.05) is 30.3 Å². The average Bonchev–Trinajstić information content (AvgIpc) is 2.30. The predicted octanol–water partition coefficient (Wildman–Crippen LogP) is 1.84. The van der Waals surface area contributed by atoms with Crippen LogP contribution in [0.5, 0.6) is 5.75 Å². The van der Waals surface area contributed by atoms with Gasteiger partial charge in [0.05, 0.1) is 6.04 Å². The highest BCUT2D eigenvalue weighted by molar-refractivity contribution is 5.81. The van der Waals surface area contributed by atoms with Crippen molar-refractivity contribution in [1.29, 1.82) is 0 Å². The van der Waals surface area contributed by atoms with Crippen LogP contribution in [0.3, 0.4) is 0 Å². The molecule has 0 saturated carbocycles. The second kappa shape index (κ2) is 7.01. The van der Waals surface area contributed by atoms with Gasteiger partial charge in [-0.15, -0.1) is 0 Å². The Balaban J connectivity index is 2.19. The summed E-state index contributed by atoms with van der Waals surface area (Å²) in [4.78, 5) is 11.1. The first-order valence-electron chi connectivity index (χ1n) is 5.45. The van der Waals surface area contributed by atoms with Gasteiger partial charge in [0.15, 0.2) is 0 Å². The molecule has 0 fully saturated rings. The molecule has 87 valence electrons. The predicted molar refractivity (Wildman–Crippen MR) is 64.4 cm³/mol. The standard InChI is InChI=1S/C13H18NO2/c1-3-13(11(2)15)14-9-10-16-12-7-5-4-6-8-12/h4-8,13-14H,1,3,9-10H2,2H3. The van der Waals surface area contributed by atoms with Gasteiger partial charge in [-0.1, -0.05) is 25.1 Å². The molecule has 0 aliphatic heterocycles. The van der Waals surface area contributed by atoms with Gasteiger partial charge in [-0.05, 0) is 25.5 Å². The van der Waals surface area contributed by atoms with Gasteiger partial charge in [0.1, 0.15) is 18.1 Å². The number of Topliss-reactive ketones (excluding diaryl/α,β-unsaturated/α-hetero) is 1. The number of carbonyl (C=O) groups excluding carboxylic acids is 1. The Morgan fingerprint density at radius 2 is 2.12 bits per heavy atom. The van der Waals surface area contributed by atoms with Crippen LogP contribution in [0.2, 0.25) is 0 Å². The highest BCUT2D eigenvalue weighted by atomic mass is 16.5. The first-order valence-corrected chi connectivity index (χ1v) is 5.45. The number of ether oxygens (including phenoxy) is 1. The molecule has 1 rings (SSSR count). The molecular formula is C13H18NO2. The summed E-state index contributed by atoms with van der Waals surface area (Å²) in [6.07, 6.45) is 0.570. The zero-order valence-electron chi connectivity index (χ0n) is 9.61. The van der Waals surface area contributed by atoms with Crippen LogP contribution < -0.4 is 10.1 Å². The van der Waals surface area contributed by atoms with Crippen LogP contribution >= 0.6 is 0 Å². The second-order valence-electron chi connectivity index (χ2n) is 3.57. The SMILES string of the molecule is [CH2]CC(NCCOc1ccccc1)C(C)=O. The van der Waals surface area contributed by atoms with Gasteiger partial charge in [0.2, 0.25) is 0 Å². The molecule has 16 heavy (non-hydrogen) atoms. The van der Waals surface area contributed by atoms with E-state index in [1.165, 1.54) is 0 Å². The number of para-hydroxylation sites is 1.